The first-order valence-electron chi connectivity index (χ1n) is 8.27. The largest absolute Gasteiger partial charge is 0.495 e. The van der Waals surface area contributed by atoms with E-state index in [1.54, 1.807) is 4.52 Å². The third-order valence-electron chi connectivity index (χ3n) is 4.31. The van der Waals surface area contributed by atoms with Gasteiger partial charge in [0.25, 0.3) is 5.78 Å². The van der Waals surface area contributed by atoms with E-state index in [9.17, 15) is 9.59 Å². The molecule has 0 aliphatic carbocycles. The lowest BCUT2D eigenvalue weighted by Gasteiger charge is -2.12. The molecule has 0 aliphatic heterocycles. The Labute approximate surface area is 155 Å². The van der Waals surface area contributed by atoms with E-state index in [0.717, 1.165) is 17.0 Å². The molecule has 1 aromatic carbocycles. The standard InChI is InChI=1S/C18H19N5O4/c1-10-13(11(2)23-18(21-10)19-9-20-23)5-7-16(24)22-14-6-4-12(17(25)26)8-15(14)27-3/h4,6,8-9H,5,7H2,1-3H3,(H,22,24)(H,25,26). The Morgan fingerprint density at radius 2 is 2.07 bits per heavy atom. The molecule has 1 amide bonds. The van der Waals surface area contributed by atoms with Crippen LogP contribution in [0.15, 0.2) is 24.5 Å². The van der Waals surface area contributed by atoms with Gasteiger partial charge < -0.3 is 15.2 Å². The molecule has 0 unspecified atom stereocenters. The van der Waals surface area contributed by atoms with Gasteiger partial charge in [0.2, 0.25) is 5.91 Å². The Balaban J connectivity index is 1.73. The number of carboxylic acids is 1. The van der Waals surface area contributed by atoms with E-state index in [2.05, 4.69) is 20.4 Å². The zero-order chi connectivity index (χ0) is 19.6. The molecule has 2 heterocycles. The van der Waals surface area contributed by atoms with Gasteiger partial charge in [-0.2, -0.15) is 10.1 Å². The molecular formula is C18H19N5O4. The topological polar surface area (TPSA) is 119 Å². The van der Waals surface area contributed by atoms with E-state index < -0.39 is 5.97 Å². The number of aromatic carboxylic acids is 1. The van der Waals surface area contributed by atoms with Crippen molar-refractivity contribution in [2.24, 2.45) is 0 Å². The molecule has 0 radical (unpaired) electrons. The Morgan fingerprint density at radius 3 is 2.78 bits per heavy atom. The Morgan fingerprint density at radius 1 is 1.30 bits per heavy atom. The maximum atomic E-state index is 12.4. The second-order valence-electron chi connectivity index (χ2n) is 6.00. The smallest absolute Gasteiger partial charge is 0.335 e. The van der Waals surface area contributed by atoms with Gasteiger partial charge in [-0.15, -0.1) is 0 Å². The summed E-state index contributed by atoms with van der Waals surface area (Å²) in [5.41, 5.74) is 3.15. The molecule has 9 heteroatoms. The van der Waals surface area contributed by atoms with Gasteiger partial charge in [-0.1, -0.05) is 0 Å². The summed E-state index contributed by atoms with van der Waals surface area (Å²) in [7, 11) is 1.42. The third kappa shape index (κ3) is 3.71. The lowest BCUT2D eigenvalue weighted by Crippen LogP contribution is -2.15. The van der Waals surface area contributed by atoms with Gasteiger partial charge >= 0.3 is 5.97 Å². The maximum Gasteiger partial charge on any atom is 0.335 e. The number of carboxylic acid groups (broad SMARTS) is 1. The Bertz CT molecular complexity index is 1030. The molecule has 0 bridgehead atoms. The number of hydrogen-bond donors (Lipinski definition) is 2. The van der Waals surface area contributed by atoms with Gasteiger partial charge in [0.05, 0.1) is 18.4 Å². The van der Waals surface area contributed by atoms with Crippen molar-refractivity contribution in [2.45, 2.75) is 26.7 Å². The summed E-state index contributed by atoms with van der Waals surface area (Å²) in [4.78, 5) is 31.9. The average Bonchev–Trinajstić information content (AvgIpc) is 3.10. The van der Waals surface area contributed by atoms with Crippen LogP contribution in [0.2, 0.25) is 0 Å². The van der Waals surface area contributed by atoms with Gasteiger partial charge in [0, 0.05) is 17.8 Å². The predicted octanol–water partition coefficient (Wildman–Crippen LogP) is 2.02. The molecule has 0 spiro atoms. The Kier molecular flexibility index (Phi) is 5.02. The molecular weight excluding hydrogens is 350 g/mol. The second kappa shape index (κ2) is 7.40. The first-order chi connectivity index (χ1) is 12.9. The molecule has 0 fully saturated rings. The van der Waals surface area contributed by atoms with E-state index in [1.165, 1.54) is 31.6 Å². The molecule has 2 aromatic heterocycles. The lowest BCUT2D eigenvalue weighted by atomic mass is 10.1. The van der Waals surface area contributed by atoms with Crippen molar-refractivity contribution >= 4 is 23.3 Å². The molecule has 9 nitrogen and oxygen atoms in total. The van der Waals surface area contributed by atoms with Gasteiger partial charge in [0.15, 0.2) is 0 Å². The number of methoxy groups -OCH3 is 1. The third-order valence-corrected chi connectivity index (χ3v) is 4.31. The summed E-state index contributed by atoms with van der Waals surface area (Å²) in [5, 5.41) is 15.9. The van der Waals surface area contributed by atoms with Gasteiger partial charge in [-0.25, -0.2) is 14.3 Å². The van der Waals surface area contributed by atoms with E-state index in [4.69, 9.17) is 9.84 Å². The number of benzene rings is 1. The summed E-state index contributed by atoms with van der Waals surface area (Å²) < 4.78 is 6.82. The van der Waals surface area contributed by atoms with Crippen LogP contribution in [-0.4, -0.2) is 43.7 Å². The summed E-state index contributed by atoms with van der Waals surface area (Å²) in [6, 6.07) is 4.30. The maximum absolute atomic E-state index is 12.4. The van der Waals surface area contributed by atoms with Crippen LogP contribution in [0.3, 0.4) is 0 Å². The van der Waals surface area contributed by atoms with Crippen molar-refractivity contribution in [1.82, 2.24) is 19.6 Å². The highest BCUT2D eigenvalue weighted by atomic mass is 16.5. The zero-order valence-electron chi connectivity index (χ0n) is 15.2. The number of aryl methyl sites for hydroxylation is 2. The molecule has 0 aliphatic rings. The number of ether oxygens (including phenoxy) is 1. The zero-order valence-corrected chi connectivity index (χ0v) is 15.2. The fraction of sp³-hybridized carbons (Fsp3) is 0.278. The van der Waals surface area contributed by atoms with Crippen molar-refractivity contribution in [1.29, 1.82) is 0 Å². The second-order valence-corrected chi connectivity index (χ2v) is 6.00. The molecule has 0 saturated heterocycles. The Hall–Kier alpha value is -3.49. The minimum absolute atomic E-state index is 0.0864. The highest BCUT2D eigenvalue weighted by Gasteiger charge is 2.14. The minimum Gasteiger partial charge on any atom is -0.495 e. The van der Waals surface area contributed by atoms with Crippen molar-refractivity contribution in [2.75, 3.05) is 12.4 Å². The lowest BCUT2D eigenvalue weighted by molar-refractivity contribution is -0.116. The van der Waals surface area contributed by atoms with Crippen LogP contribution >= 0.6 is 0 Å². The van der Waals surface area contributed by atoms with Crippen LogP contribution < -0.4 is 10.1 Å². The molecule has 2 N–H and O–H groups in total. The summed E-state index contributed by atoms with van der Waals surface area (Å²) >= 11 is 0. The van der Waals surface area contributed by atoms with Crippen LogP contribution in [0.4, 0.5) is 5.69 Å². The van der Waals surface area contributed by atoms with Gasteiger partial charge in [-0.3, -0.25) is 4.79 Å². The average molecular weight is 369 g/mol. The number of nitrogens with one attached hydrogen (secondary N) is 1. The number of amides is 1. The normalized spacial score (nSPS) is 10.8. The van der Waals surface area contributed by atoms with Crippen molar-refractivity contribution in [3.63, 3.8) is 0 Å². The quantitative estimate of drug-likeness (QED) is 0.682. The summed E-state index contributed by atoms with van der Waals surface area (Å²) in [6.45, 7) is 3.79. The predicted molar refractivity (Wildman–Crippen MR) is 97.2 cm³/mol. The fourth-order valence-electron chi connectivity index (χ4n) is 2.90. The van der Waals surface area contributed by atoms with Gasteiger partial charge in [0.1, 0.15) is 12.1 Å². The van der Waals surface area contributed by atoms with E-state index in [0.29, 0.717) is 23.6 Å². The van der Waals surface area contributed by atoms with Crippen LogP contribution in [0, 0.1) is 13.8 Å². The van der Waals surface area contributed by atoms with E-state index in [1.807, 2.05) is 13.8 Å². The van der Waals surface area contributed by atoms with Crippen molar-refractivity contribution in [3.8, 4) is 5.75 Å². The van der Waals surface area contributed by atoms with Crippen molar-refractivity contribution < 1.29 is 19.4 Å². The van der Waals surface area contributed by atoms with Gasteiger partial charge in [-0.05, 0) is 44.0 Å². The first-order valence-corrected chi connectivity index (χ1v) is 8.27. The van der Waals surface area contributed by atoms with Crippen LogP contribution in [0.25, 0.3) is 5.78 Å². The number of carbonyl (C=O) groups excluding carboxylic acids is 1. The summed E-state index contributed by atoms with van der Waals surface area (Å²) in [6.07, 6.45) is 2.16. The molecule has 0 saturated carbocycles. The first kappa shape index (κ1) is 18.3. The number of rotatable bonds is 6. The SMILES string of the molecule is COc1cc(C(=O)O)ccc1NC(=O)CCc1c(C)nc2ncnn2c1C. The van der Waals surface area contributed by atoms with Crippen LogP contribution in [-0.2, 0) is 11.2 Å². The summed E-state index contributed by atoms with van der Waals surface area (Å²) in [5.74, 6) is -0.454. The fourth-order valence-corrected chi connectivity index (χ4v) is 2.90. The number of fused-ring (bicyclic) bond motifs is 1. The number of carbonyl (C=O) groups is 2. The number of anilines is 1. The number of hydrogen-bond acceptors (Lipinski definition) is 6. The molecule has 140 valence electrons. The minimum atomic E-state index is -1.06. The molecule has 27 heavy (non-hydrogen) atoms. The van der Waals surface area contributed by atoms with Crippen LogP contribution in [0.1, 0.15) is 33.7 Å². The monoisotopic (exact) mass is 369 g/mol. The number of nitrogens with zero attached hydrogens (tertiary/aromatic N) is 4. The van der Waals surface area contributed by atoms with Crippen LogP contribution in [0.5, 0.6) is 5.75 Å². The molecule has 3 aromatic rings. The molecule has 0 atom stereocenters. The molecule has 3 rings (SSSR count). The highest BCUT2D eigenvalue weighted by Crippen LogP contribution is 2.26. The van der Waals surface area contributed by atoms with Crippen molar-refractivity contribution in [3.05, 3.63) is 47.0 Å². The van der Waals surface area contributed by atoms with E-state index >= 15 is 0 Å². The number of aromatic nitrogens is 4. The highest BCUT2D eigenvalue weighted by molar-refractivity contribution is 5.94. The van der Waals surface area contributed by atoms with E-state index in [-0.39, 0.29) is 17.9 Å².